The zero-order valence-electron chi connectivity index (χ0n) is 12.5. The molecule has 1 saturated heterocycles. The minimum absolute atomic E-state index is 0.324. The Morgan fingerprint density at radius 1 is 1.41 bits per heavy atom. The summed E-state index contributed by atoms with van der Waals surface area (Å²) in [5, 5.41) is 0. The van der Waals surface area contributed by atoms with E-state index >= 15 is 0 Å². The molecule has 0 saturated carbocycles. The first-order valence-electron chi connectivity index (χ1n) is 7.16. The molecule has 3 heterocycles. The van der Waals surface area contributed by atoms with Crippen LogP contribution >= 0.6 is 15.9 Å². The highest BCUT2D eigenvalue weighted by atomic mass is 79.9. The zero-order valence-corrected chi connectivity index (χ0v) is 14.1. The fourth-order valence-corrected chi connectivity index (χ4v) is 2.87. The van der Waals surface area contributed by atoms with E-state index in [0.29, 0.717) is 35.8 Å². The number of imidazole rings is 1. The summed E-state index contributed by atoms with van der Waals surface area (Å²) in [7, 11) is 0. The average molecular weight is 369 g/mol. The average Bonchev–Trinajstić information content (AvgIpc) is 2.85. The molecule has 3 rings (SSSR count). The van der Waals surface area contributed by atoms with Crippen molar-refractivity contribution in [2.75, 3.05) is 37.8 Å². The number of hydrogen-bond acceptors (Lipinski definition) is 6. The summed E-state index contributed by atoms with van der Waals surface area (Å²) in [5.41, 5.74) is 1.73. The second-order valence-electron chi connectivity index (χ2n) is 4.95. The Hall–Kier alpha value is -1.67. The number of fused-ring (bicyclic) bond motifs is 1. The van der Waals surface area contributed by atoms with Crippen LogP contribution in [0.4, 0.5) is 5.82 Å². The van der Waals surface area contributed by atoms with Crippen molar-refractivity contribution in [3.8, 4) is 0 Å². The maximum Gasteiger partial charge on any atom is 0.358 e. The lowest BCUT2D eigenvalue weighted by molar-refractivity contribution is 0.0519. The van der Waals surface area contributed by atoms with Crippen molar-refractivity contribution in [3.05, 3.63) is 22.2 Å². The molecule has 1 aliphatic heterocycles. The molecule has 0 atom stereocenters. The van der Waals surface area contributed by atoms with E-state index in [1.165, 1.54) is 0 Å². The highest BCUT2D eigenvalue weighted by molar-refractivity contribution is 9.10. The van der Waals surface area contributed by atoms with Crippen molar-refractivity contribution < 1.29 is 14.3 Å². The summed E-state index contributed by atoms with van der Waals surface area (Å²) in [6.45, 7) is 6.77. The molecule has 0 bridgehead atoms. The lowest BCUT2D eigenvalue weighted by Gasteiger charge is -2.28. The van der Waals surface area contributed by atoms with Gasteiger partial charge in [0.05, 0.1) is 25.5 Å². The van der Waals surface area contributed by atoms with E-state index < -0.39 is 5.97 Å². The first kappa shape index (κ1) is 15.2. The summed E-state index contributed by atoms with van der Waals surface area (Å²) in [6, 6.07) is 0. The van der Waals surface area contributed by atoms with E-state index in [9.17, 15) is 4.79 Å². The van der Waals surface area contributed by atoms with Crippen LogP contribution in [-0.4, -0.2) is 53.2 Å². The number of ether oxygens (including phenoxy) is 2. The fraction of sp³-hybridized carbons (Fsp3) is 0.500. The molecule has 0 unspecified atom stereocenters. The third-order valence-corrected chi connectivity index (χ3v) is 3.96. The minimum Gasteiger partial charge on any atom is -0.461 e. The van der Waals surface area contributed by atoms with Crippen LogP contribution in [0, 0.1) is 6.92 Å². The molecule has 0 N–H and O–H groups in total. The number of aryl methyl sites for hydroxylation is 1. The highest BCUT2D eigenvalue weighted by Gasteiger charge is 2.23. The van der Waals surface area contributed by atoms with Gasteiger partial charge in [-0.25, -0.2) is 14.8 Å². The number of morpholine rings is 1. The van der Waals surface area contributed by atoms with Gasteiger partial charge in [-0.3, -0.25) is 4.40 Å². The van der Waals surface area contributed by atoms with Gasteiger partial charge in [0.1, 0.15) is 4.60 Å². The Balaban J connectivity index is 2.12. The van der Waals surface area contributed by atoms with Crippen molar-refractivity contribution >= 4 is 33.4 Å². The Bertz CT molecular complexity index is 710. The van der Waals surface area contributed by atoms with Gasteiger partial charge in [-0.15, -0.1) is 0 Å². The molecule has 0 amide bonds. The quantitative estimate of drug-likeness (QED) is 0.769. The Morgan fingerprint density at radius 3 is 2.82 bits per heavy atom. The van der Waals surface area contributed by atoms with Crippen LogP contribution in [0.3, 0.4) is 0 Å². The molecular weight excluding hydrogens is 352 g/mol. The third-order valence-electron chi connectivity index (χ3n) is 3.58. The largest absolute Gasteiger partial charge is 0.461 e. The molecule has 1 fully saturated rings. The van der Waals surface area contributed by atoms with E-state index in [0.717, 1.165) is 24.6 Å². The summed E-state index contributed by atoms with van der Waals surface area (Å²) in [5.74, 6) is 0.337. The van der Waals surface area contributed by atoms with Crippen molar-refractivity contribution in [1.82, 2.24) is 14.4 Å². The second kappa shape index (κ2) is 6.21. The summed E-state index contributed by atoms with van der Waals surface area (Å²) in [4.78, 5) is 23.2. The second-order valence-corrected chi connectivity index (χ2v) is 5.76. The zero-order chi connectivity index (χ0) is 15.7. The van der Waals surface area contributed by atoms with Gasteiger partial charge in [0.25, 0.3) is 0 Å². The number of hydrogen-bond donors (Lipinski definition) is 0. The number of carbonyl (C=O) groups is 1. The van der Waals surface area contributed by atoms with Gasteiger partial charge < -0.3 is 14.4 Å². The van der Waals surface area contributed by atoms with E-state index in [-0.39, 0.29) is 0 Å². The van der Waals surface area contributed by atoms with E-state index in [1.54, 1.807) is 6.92 Å². The number of rotatable bonds is 3. The standard InChI is InChI=1S/C14H17BrN4O3/c1-3-22-14(20)11-9(2)19-8-10(15)16-12(13(19)17-11)18-4-6-21-7-5-18/h8H,3-7H2,1-2H3. The number of halogens is 1. The molecule has 0 aliphatic carbocycles. The first-order valence-corrected chi connectivity index (χ1v) is 7.96. The molecule has 0 spiro atoms. The Kier molecular flexibility index (Phi) is 4.30. The summed E-state index contributed by atoms with van der Waals surface area (Å²) >= 11 is 3.43. The molecule has 2 aromatic heterocycles. The molecule has 7 nitrogen and oxygen atoms in total. The molecule has 1 aliphatic rings. The lowest BCUT2D eigenvalue weighted by Crippen LogP contribution is -2.37. The van der Waals surface area contributed by atoms with Gasteiger partial charge in [0, 0.05) is 19.3 Å². The van der Waals surface area contributed by atoms with Gasteiger partial charge in [-0.2, -0.15) is 0 Å². The van der Waals surface area contributed by atoms with Gasteiger partial charge in [0.2, 0.25) is 0 Å². The van der Waals surface area contributed by atoms with Gasteiger partial charge in [0.15, 0.2) is 17.2 Å². The number of anilines is 1. The van der Waals surface area contributed by atoms with E-state index in [2.05, 4.69) is 30.8 Å². The van der Waals surface area contributed by atoms with Crippen molar-refractivity contribution in [3.63, 3.8) is 0 Å². The van der Waals surface area contributed by atoms with E-state index in [4.69, 9.17) is 9.47 Å². The smallest absolute Gasteiger partial charge is 0.358 e. The Morgan fingerprint density at radius 2 is 2.14 bits per heavy atom. The predicted octanol–water partition coefficient (Wildman–Crippen LogP) is 1.81. The lowest BCUT2D eigenvalue weighted by atomic mass is 10.3. The van der Waals surface area contributed by atoms with Gasteiger partial charge in [-0.1, -0.05) is 0 Å². The fourth-order valence-electron chi connectivity index (χ4n) is 2.50. The van der Waals surface area contributed by atoms with Gasteiger partial charge in [-0.05, 0) is 29.8 Å². The molecule has 2 aromatic rings. The summed E-state index contributed by atoms with van der Waals surface area (Å²) < 4.78 is 13.0. The van der Waals surface area contributed by atoms with Crippen LogP contribution in [0.15, 0.2) is 10.8 Å². The van der Waals surface area contributed by atoms with Crippen LogP contribution < -0.4 is 4.90 Å². The molecule has 8 heteroatoms. The number of nitrogens with zero attached hydrogens (tertiary/aromatic N) is 4. The van der Waals surface area contributed by atoms with Crippen LogP contribution in [0.1, 0.15) is 23.1 Å². The molecular formula is C14H17BrN4O3. The molecule has 22 heavy (non-hydrogen) atoms. The van der Waals surface area contributed by atoms with Crippen molar-refractivity contribution in [2.24, 2.45) is 0 Å². The van der Waals surface area contributed by atoms with Crippen LogP contribution in [0.5, 0.6) is 0 Å². The van der Waals surface area contributed by atoms with E-state index in [1.807, 2.05) is 17.5 Å². The minimum atomic E-state index is -0.409. The summed E-state index contributed by atoms with van der Waals surface area (Å²) in [6.07, 6.45) is 1.81. The highest BCUT2D eigenvalue weighted by Crippen LogP contribution is 2.25. The number of esters is 1. The maximum absolute atomic E-state index is 12.0. The first-order chi connectivity index (χ1) is 10.6. The van der Waals surface area contributed by atoms with Crippen molar-refractivity contribution in [1.29, 1.82) is 0 Å². The normalized spacial score (nSPS) is 15.3. The van der Waals surface area contributed by atoms with Crippen LogP contribution in [0.2, 0.25) is 0 Å². The van der Waals surface area contributed by atoms with Crippen molar-refractivity contribution in [2.45, 2.75) is 13.8 Å². The predicted molar refractivity (Wildman–Crippen MR) is 84.4 cm³/mol. The molecule has 0 radical (unpaired) electrons. The third kappa shape index (κ3) is 2.68. The SMILES string of the molecule is CCOC(=O)c1nc2c(N3CCOCC3)nc(Br)cn2c1C. The monoisotopic (exact) mass is 368 g/mol. The van der Waals surface area contributed by atoms with Crippen LogP contribution in [-0.2, 0) is 9.47 Å². The topological polar surface area (TPSA) is 69.0 Å². The number of aromatic nitrogens is 3. The molecule has 0 aromatic carbocycles. The van der Waals surface area contributed by atoms with Gasteiger partial charge >= 0.3 is 5.97 Å². The van der Waals surface area contributed by atoms with Crippen LogP contribution in [0.25, 0.3) is 5.65 Å². The molecule has 118 valence electrons. The number of carbonyl (C=O) groups excluding carboxylic acids is 1. The Labute approximate surface area is 136 Å². The maximum atomic E-state index is 12.0.